The molecule has 0 spiro atoms. The maximum absolute atomic E-state index is 12.9. The lowest BCUT2D eigenvalue weighted by Crippen LogP contribution is -2.33. The first-order chi connectivity index (χ1) is 18.6. The molecule has 3 atom stereocenters. The van der Waals surface area contributed by atoms with Crippen molar-refractivity contribution in [3.8, 4) is 0 Å². The van der Waals surface area contributed by atoms with E-state index in [9.17, 15) is 40.7 Å². The molecule has 2 aromatic rings. The van der Waals surface area contributed by atoms with E-state index in [1.165, 1.54) is 6.92 Å². The predicted octanol–water partition coefficient (Wildman–Crippen LogP) is 3.89. The summed E-state index contributed by atoms with van der Waals surface area (Å²) in [4.78, 5) is 43.7. The average molecular weight is 577 g/mol. The highest BCUT2D eigenvalue weighted by Crippen LogP contribution is 2.38. The number of alkyl halides is 6. The minimum Gasteiger partial charge on any atom is -0.348 e. The van der Waals surface area contributed by atoms with Gasteiger partial charge in [0.1, 0.15) is 11.3 Å². The van der Waals surface area contributed by atoms with E-state index >= 15 is 0 Å². The first-order valence-electron chi connectivity index (χ1n) is 12.7. The zero-order valence-electron chi connectivity index (χ0n) is 22.1. The number of H-pyrrole nitrogens is 1. The summed E-state index contributed by atoms with van der Waals surface area (Å²) in [6, 6.07) is 0. The molecule has 1 aliphatic heterocycles. The molecule has 0 radical (unpaired) electrons. The summed E-state index contributed by atoms with van der Waals surface area (Å²) >= 11 is 0. The second-order valence-corrected chi connectivity index (χ2v) is 10.1. The Morgan fingerprint density at radius 2 is 1.57 bits per heavy atom. The number of amides is 1. The lowest BCUT2D eigenvalue weighted by Gasteiger charge is -2.20. The largest absolute Gasteiger partial charge is 0.422 e. The van der Waals surface area contributed by atoms with E-state index in [2.05, 4.69) is 34.2 Å². The summed E-state index contributed by atoms with van der Waals surface area (Å²) in [5.74, 6) is -0.0888. The number of anilines is 1. The van der Waals surface area contributed by atoms with Gasteiger partial charge in [-0.25, -0.2) is 15.1 Å². The second kappa shape index (κ2) is 12.3. The monoisotopic (exact) mass is 576 g/mol. The van der Waals surface area contributed by atoms with E-state index in [-0.39, 0.29) is 36.4 Å². The van der Waals surface area contributed by atoms with Gasteiger partial charge >= 0.3 is 12.4 Å². The quantitative estimate of drug-likeness (QED) is 0.530. The van der Waals surface area contributed by atoms with Gasteiger partial charge in [0.25, 0.3) is 5.56 Å². The number of rotatable bonds is 4. The molecule has 1 aliphatic carbocycles. The van der Waals surface area contributed by atoms with Crippen LogP contribution in [0.4, 0.5) is 32.3 Å². The summed E-state index contributed by atoms with van der Waals surface area (Å²) in [7, 11) is 0. The van der Waals surface area contributed by atoms with Crippen molar-refractivity contribution in [3.05, 3.63) is 45.1 Å². The molecule has 2 aromatic heterocycles. The van der Waals surface area contributed by atoms with Gasteiger partial charge < -0.3 is 10.2 Å². The fraction of sp³-hybridized carbons (Fsp3) is 0.600. The Hall–Kier alpha value is -3.52. The van der Waals surface area contributed by atoms with Crippen LogP contribution >= 0.6 is 0 Å². The highest BCUT2D eigenvalue weighted by molar-refractivity contribution is 5.88. The topological polar surface area (TPSA) is 121 Å². The van der Waals surface area contributed by atoms with Crippen LogP contribution in [0.1, 0.15) is 68.3 Å². The van der Waals surface area contributed by atoms with E-state index in [0.717, 1.165) is 38.3 Å². The highest BCUT2D eigenvalue weighted by Gasteiger charge is 2.42. The lowest BCUT2D eigenvalue weighted by molar-refractivity contribution is -0.139. The number of hydrogen-bond acceptors (Lipinski definition) is 7. The van der Waals surface area contributed by atoms with E-state index in [4.69, 9.17) is 0 Å². The normalized spacial score (nSPS) is 21.1. The summed E-state index contributed by atoms with van der Waals surface area (Å²) in [5.41, 5.74) is -3.73. The van der Waals surface area contributed by atoms with Crippen molar-refractivity contribution in [3.63, 3.8) is 0 Å². The number of Topliss-reactive ketones (excluding diaryl/α,β-unsaturated/α-hetero) is 1. The number of aromatic amines is 1. The average Bonchev–Trinajstić information content (AvgIpc) is 3.22. The molecule has 0 bridgehead atoms. The lowest BCUT2D eigenvalue weighted by atomic mass is 9.92. The van der Waals surface area contributed by atoms with Gasteiger partial charge in [-0.05, 0) is 50.0 Å². The molecule has 0 saturated carbocycles. The fourth-order valence-electron chi connectivity index (χ4n) is 4.59. The van der Waals surface area contributed by atoms with Crippen molar-refractivity contribution in [2.45, 2.75) is 64.7 Å². The van der Waals surface area contributed by atoms with Crippen LogP contribution in [0.25, 0.3) is 0 Å². The van der Waals surface area contributed by atoms with Gasteiger partial charge in [-0.15, -0.1) is 0 Å². The molecule has 40 heavy (non-hydrogen) atoms. The summed E-state index contributed by atoms with van der Waals surface area (Å²) in [5, 5.41) is 7.70. The molecule has 0 aromatic carbocycles. The van der Waals surface area contributed by atoms with Gasteiger partial charge in [-0.3, -0.25) is 14.4 Å². The van der Waals surface area contributed by atoms with Crippen LogP contribution < -0.4 is 15.8 Å². The predicted molar refractivity (Wildman–Crippen MR) is 131 cm³/mol. The number of carbonyl (C=O) groups is 2. The molecular weight excluding hydrogens is 546 g/mol. The first kappa shape index (κ1) is 31.0. The number of aromatic nitrogens is 4. The number of hydrogen-bond donors (Lipinski definition) is 2. The second-order valence-electron chi connectivity index (χ2n) is 10.1. The molecule has 1 amide bonds. The molecule has 4 rings (SSSR count). The van der Waals surface area contributed by atoms with E-state index in [1.54, 1.807) is 5.10 Å². The number of ketones is 1. The maximum atomic E-state index is 12.9. The summed E-state index contributed by atoms with van der Waals surface area (Å²) < 4.78 is 76.0. The van der Waals surface area contributed by atoms with Crippen LogP contribution in [0.5, 0.6) is 0 Å². The van der Waals surface area contributed by atoms with Crippen LogP contribution in [-0.2, 0) is 28.4 Å². The maximum Gasteiger partial charge on any atom is 0.422 e. The first-order valence-corrected chi connectivity index (χ1v) is 12.7. The Balaban J connectivity index is 0.000000222. The van der Waals surface area contributed by atoms with Crippen LogP contribution in [0.2, 0.25) is 0 Å². The van der Waals surface area contributed by atoms with Crippen molar-refractivity contribution in [1.82, 2.24) is 25.5 Å². The third-order valence-corrected chi connectivity index (χ3v) is 7.17. The fourth-order valence-corrected chi connectivity index (χ4v) is 4.59. The van der Waals surface area contributed by atoms with Gasteiger partial charge in [0, 0.05) is 25.5 Å². The molecule has 3 unspecified atom stereocenters. The van der Waals surface area contributed by atoms with Gasteiger partial charge in [-0.1, -0.05) is 13.8 Å². The minimum atomic E-state index is -4.80. The molecule has 9 nitrogen and oxygen atoms in total. The number of halogens is 6. The van der Waals surface area contributed by atoms with Crippen LogP contribution in [-0.4, -0.2) is 51.5 Å². The number of carbonyl (C=O) groups excluding carboxylic acids is 2. The van der Waals surface area contributed by atoms with Gasteiger partial charge in [0.15, 0.2) is 0 Å². The molecule has 3 heterocycles. The van der Waals surface area contributed by atoms with Crippen molar-refractivity contribution < 1.29 is 35.9 Å². The van der Waals surface area contributed by atoms with E-state index in [0.29, 0.717) is 17.8 Å². The molecule has 2 N–H and O–H groups in total. The Kier molecular flexibility index (Phi) is 9.56. The van der Waals surface area contributed by atoms with Crippen molar-refractivity contribution >= 4 is 17.6 Å². The van der Waals surface area contributed by atoms with Gasteiger partial charge in [-0.2, -0.15) is 31.4 Å². The number of fused-ring (bicyclic) bond motifs is 1. The smallest absolute Gasteiger partial charge is 0.348 e. The molecular formula is C25H30F6N6O3. The Bertz CT molecular complexity index is 1250. The third-order valence-electron chi connectivity index (χ3n) is 7.17. The molecule has 2 aliphatic rings. The van der Waals surface area contributed by atoms with Crippen molar-refractivity contribution in [2.24, 2.45) is 11.8 Å². The summed E-state index contributed by atoms with van der Waals surface area (Å²) in [6.45, 7) is 7.11. The SMILES string of the molecule is CC(=O)CNC(=O)C1CCc2c1n[nH]c(=O)c2C(F)(F)F.CC1CCN(c2ncc(C(F)(F)F)cn2)CCC1C. The van der Waals surface area contributed by atoms with Crippen LogP contribution in [0.15, 0.2) is 17.2 Å². The van der Waals surface area contributed by atoms with Crippen LogP contribution in [0.3, 0.4) is 0 Å². The van der Waals surface area contributed by atoms with Gasteiger partial charge in [0.05, 0.1) is 23.7 Å². The zero-order valence-corrected chi connectivity index (χ0v) is 22.1. The van der Waals surface area contributed by atoms with E-state index < -0.39 is 40.9 Å². The zero-order chi connectivity index (χ0) is 29.8. The Labute approximate surface area is 225 Å². The molecule has 1 saturated heterocycles. The standard InChI is InChI=1S/C13H18F3N3.C12H12F3N3O3/c1-9-3-5-19(6-4-10(9)2)12-17-7-11(8-18-12)13(14,15)16;1-5(19)4-16-10(20)7-3-2-6-8(12(13,14)15)11(21)18-17-9(6)7/h7-10H,3-6H2,1-2H3;7H,2-4H2,1H3,(H,16,20)(H,18,21). The minimum absolute atomic E-state index is 0.0563. The number of nitrogens with one attached hydrogen (secondary N) is 2. The Morgan fingerprint density at radius 1 is 1.00 bits per heavy atom. The summed E-state index contributed by atoms with van der Waals surface area (Å²) in [6.07, 6.45) is -5.35. The number of nitrogens with zero attached hydrogens (tertiary/aromatic N) is 4. The molecule has 1 fully saturated rings. The highest BCUT2D eigenvalue weighted by atomic mass is 19.4. The Morgan fingerprint density at radius 3 is 2.08 bits per heavy atom. The molecule has 15 heteroatoms. The van der Waals surface area contributed by atoms with Crippen molar-refractivity contribution in [1.29, 1.82) is 0 Å². The third kappa shape index (κ3) is 7.56. The van der Waals surface area contributed by atoms with Crippen LogP contribution in [0, 0.1) is 11.8 Å². The molecule has 220 valence electrons. The van der Waals surface area contributed by atoms with E-state index in [1.807, 2.05) is 4.90 Å². The van der Waals surface area contributed by atoms with Crippen molar-refractivity contribution in [2.75, 3.05) is 24.5 Å². The van der Waals surface area contributed by atoms with Gasteiger partial charge in [0.2, 0.25) is 11.9 Å².